The van der Waals surface area contributed by atoms with Crippen molar-refractivity contribution in [2.24, 2.45) is 5.41 Å². The molecule has 3 N–H and O–H groups in total. The minimum absolute atomic E-state index is 0.00393. The Bertz CT molecular complexity index is 1810. The number of hydrogen-bond acceptors (Lipinski definition) is 9. The first-order valence-corrected chi connectivity index (χ1v) is 13.5. The predicted molar refractivity (Wildman–Crippen MR) is 158 cm³/mol. The average Bonchev–Trinajstić information content (AvgIpc) is 3.46. The lowest BCUT2D eigenvalue weighted by molar-refractivity contribution is 0.0697. The molecule has 0 saturated heterocycles. The highest BCUT2D eigenvalue weighted by molar-refractivity contribution is 6.33. The van der Waals surface area contributed by atoms with Gasteiger partial charge >= 0.3 is 5.97 Å². The number of carbonyl (C=O) groups excluding carboxylic acids is 1. The number of fused-ring (bicyclic) bond motifs is 1. The molecule has 4 aromatic rings. The van der Waals surface area contributed by atoms with Crippen LogP contribution in [-0.2, 0) is 6.54 Å². The molecule has 0 bridgehead atoms. The quantitative estimate of drug-likeness (QED) is 0.228. The molecule has 1 aliphatic rings. The number of aromatic nitrogens is 1. The van der Waals surface area contributed by atoms with Crippen LogP contribution in [-0.4, -0.2) is 29.1 Å². The lowest BCUT2D eigenvalue weighted by Crippen LogP contribution is -2.39. The second-order valence-electron chi connectivity index (χ2n) is 11.2. The number of carboxylic acids is 1. The fraction of sp³-hybridized carbons (Fsp3) is 0.300. The first-order chi connectivity index (χ1) is 19.7. The molecule has 0 saturated carbocycles. The van der Waals surface area contributed by atoms with Gasteiger partial charge in [-0.15, -0.1) is 0 Å². The molecule has 11 nitrogen and oxygen atoms in total. The van der Waals surface area contributed by atoms with Crippen LogP contribution in [0.25, 0.3) is 0 Å². The Labute approximate surface area is 245 Å². The molecule has 3 heterocycles. The first kappa shape index (κ1) is 28.9. The van der Waals surface area contributed by atoms with E-state index in [2.05, 4.69) is 15.6 Å². The minimum Gasteiger partial charge on any atom is -0.481 e. The van der Waals surface area contributed by atoms with Crippen molar-refractivity contribution in [1.29, 1.82) is 0 Å². The van der Waals surface area contributed by atoms with Gasteiger partial charge in [0.2, 0.25) is 5.88 Å². The SMILES string of the molecule is COc1ccc(C(=O)O)c(N2Cc3c(Cl)ccc(Nc4c(NC(c5cc(C)c(C)o5)C(C)(C)C)c(=O)c4=O)c3C2=O)n1. The standard InChI is InChI=1S/C30H29ClN4O7/c1-13-11-19(42-14(13)2)26(30(3,4)5)34-23-22(24(36)25(23)37)32-18-9-8-17(31)16-12-35(28(38)21(16)18)27-15(29(39)40)7-10-20(33-27)41-6/h7-11,26,32,34H,12H2,1-6H3,(H,39,40). The number of nitrogens with zero attached hydrogens (tertiary/aromatic N) is 2. The molecule has 1 amide bonds. The van der Waals surface area contributed by atoms with Crippen LogP contribution in [0.4, 0.5) is 22.9 Å². The lowest BCUT2D eigenvalue weighted by atomic mass is 9.84. The fourth-order valence-corrected chi connectivity index (χ4v) is 5.18. The van der Waals surface area contributed by atoms with E-state index in [1.807, 2.05) is 40.7 Å². The van der Waals surface area contributed by atoms with Crippen molar-refractivity contribution in [2.75, 3.05) is 22.6 Å². The molecule has 42 heavy (non-hydrogen) atoms. The summed E-state index contributed by atoms with van der Waals surface area (Å²) in [6.07, 6.45) is 0. The second-order valence-corrected chi connectivity index (χ2v) is 11.6. The molecule has 5 rings (SSSR count). The van der Waals surface area contributed by atoms with Crippen LogP contribution in [0.1, 0.15) is 70.2 Å². The molecule has 0 spiro atoms. The number of aryl methyl sites for hydroxylation is 2. The molecule has 0 radical (unpaired) electrons. The van der Waals surface area contributed by atoms with E-state index in [9.17, 15) is 24.3 Å². The summed E-state index contributed by atoms with van der Waals surface area (Å²) in [4.78, 5) is 56.6. The number of halogens is 1. The molecule has 0 fully saturated rings. The molecule has 1 aliphatic heterocycles. The van der Waals surface area contributed by atoms with Gasteiger partial charge in [0.05, 0.1) is 30.9 Å². The second kappa shape index (κ2) is 10.3. The smallest absolute Gasteiger partial charge is 0.339 e. The summed E-state index contributed by atoms with van der Waals surface area (Å²) in [5.74, 6) is -0.476. The number of carbonyl (C=O) groups is 2. The van der Waals surface area contributed by atoms with Gasteiger partial charge in [0.1, 0.15) is 28.5 Å². The third-order valence-corrected chi connectivity index (χ3v) is 7.72. The van der Waals surface area contributed by atoms with E-state index >= 15 is 0 Å². The third kappa shape index (κ3) is 4.79. The Morgan fingerprint density at radius 1 is 1.12 bits per heavy atom. The number of methoxy groups -OCH3 is 1. The highest BCUT2D eigenvalue weighted by Gasteiger charge is 2.38. The molecule has 0 aliphatic carbocycles. The maximum Gasteiger partial charge on any atom is 0.339 e. The molecule has 2 aromatic carbocycles. The number of anilines is 4. The fourth-order valence-electron chi connectivity index (χ4n) is 4.96. The van der Waals surface area contributed by atoms with Gasteiger partial charge in [0.15, 0.2) is 5.82 Å². The summed E-state index contributed by atoms with van der Waals surface area (Å²) < 4.78 is 11.1. The number of pyridine rings is 1. The maximum absolute atomic E-state index is 13.7. The van der Waals surface area contributed by atoms with Crippen molar-refractivity contribution < 1.29 is 23.8 Å². The van der Waals surface area contributed by atoms with Gasteiger partial charge in [0, 0.05) is 16.7 Å². The summed E-state index contributed by atoms with van der Waals surface area (Å²) in [5, 5.41) is 16.2. The summed E-state index contributed by atoms with van der Waals surface area (Å²) >= 11 is 6.46. The van der Waals surface area contributed by atoms with Crippen LogP contribution in [0.15, 0.2) is 44.3 Å². The maximum atomic E-state index is 13.7. The van der Waals surface area contributed by atoms with Crippen molar-refractivity contribution in [2.45, 2.75) is 47.2 Å². The van der Waals surface area contributed by atoms with Gasteiger partial charge in [-0.1, -0.05) is 32.4 Å². The third-order valence-electron chi connectivity index (χ3n) is 7.37. The number of aromatic carboxylic acids is 1. The summed E-state index contributed by atoms with van der Waals surface area (Å²) in [7, 11) is 1.38. The van der Waals surface area contributed by atoms with Crippen LogP contribution in [0.5, 0.6) is 5.88 Å². The molecule has 1 unspecified atom stereocenters. The van der Waals surface area contributed by atoms with Crippen molar-refractivity contribution in [3.8, 4) is 5.88 Å². The monoisotopic (exact) mass is 592 g/mol. The Kier molecular flexibility index (Phi) is 7.10. The molecule has 218 valence electrons. The number of hydrogen-bond donors (Lipinski definition) is 3. The van der Waals surface area contributed by atoms with Crippen LogP contribution >= 0.6 is 11.6 Å². The van der Waals surface area contributed by atoms with Crippen molar-refractivity contribution in [3.63, 3.8) is 0 Å². The van der Waals surface area contributed by atoms with E-state index in [1.54, 1.807) is 6.07 Å². The van der Waals surface area contributed by atoms with Gasteiger partial charge in [-0.2, -0.15) is 4.98 Å². The number of benzene rings is 1. The summed E-state index contributed by atoms with van der Waals surface area (Å²) in [6.45, 7) is 9.65. The van der Waals surface area contributed by atoms with E-state index in [0.717, 1.165) is 11.3 Å². The molecule has 1 atom stereocenters. The van der Waals surface area contributed by atoms with Gasteiger partial charge in [-0.25, -0.2) is 4.79 Å². The van der Waals surface area contributed by atoms with Crippen LogP contribution in [0, 0.1) is 19.3 Å². The highest BCUT2D eigenvalue weighted by Crippen LogP contribution is 2.41. The van der Waals surface area contributed by atoms with Crippen molar-refractivity contribution in [3.05, 3.63) is 89.6 Å². The summed E-state index contributed by atoms with van der Waals surface area (Å²) in [6, 6.07) is 7.22. The van der Waals surface area contributed by atoms with Crippen LogP contribution < -0.4 is 31.1 Å². The Morgan fingerprint density at radius 2 is 1.81 bits per heavy atom. The van der Waals surface area contributed by atoms with E-state index in [0.29, 0.717) is 11.3 Å². The van der Waals surface area contributed by atoms with Crippen molar-refractivity contribution in [1.82, 2.24) is 4.98 Å². The normalized spacial score (nSPS) is 13.8. The Morgan fingerprint density at radius 3 is 2.40 bits per heavy atom. The summed E-state index contributed by atoms with van der Waals surface area (Å²) in [5.41, 5.74) is -0.249. The zero-order chi connectivity index (χ0) is 30.7. The number of furan rings is 1. The number of rotatable bonds is 8. The lowest BCUT2D eigenvalue weighted by Gasteiger charge is -2.31. The Balaban J connectivity index is 1.52. The Hall–Kier alpha value is -4.64. The zero-order valence-electron chi connectivity index (χ0n) is 23.8. The van der Waals surface area contributed by atoms with Gasteiger partial charge < -0.3 is 24.9 Å². The zero-order valence-corrected chi connectivity index (χ0v) is 24.6. The van der Waals surface area contributed by atoms with Gasteiger partial charge in [0.25, 0.3) is 16.8 Å². The van der Waals surface area contributed by atoms with E-state index in [-0.39, 0.29) is 51.5 Å². The number of ether oxygens (including phenoxy) is 1. The molecular formula is C30H29ClN4O7. The number of amides is 1. The first-order valence-electron chi connectivity index (χ1n) is 13.1. The number of carboxylic acid groups (broad SMARTS) is 1. The molecule has 12 heteroatoms. The minimum atomic E-state index is -1.27. The van der Waals surface area contributed by atoms with E-state index < -0.39 is 34.2 Å². The topological polar surface area (TPSA) is 151 Å². The average molecular weight is 593 g/mol. The van der Waals surface area contributed by atoms with Crippen LogP contribution in [0.2, 0.25) is 5.02 Å². The van der Waals surface area contributed by atoms with Crippen molar-refractivity contribution >= 4 is 46.4 Å². The number of nitrogens with one attached hydrogen (secondary N) is 2. The van der Waals surface area contributed by atoms with Gasteiger partial charge in [-0.05, 0) is 49.1 Å². The van der Waals surface area contributed by atoms with Crippen LogP contribution in [0.3, 0.4) is 0 Å². The van der Waals surface area contributed by atoms with Gasteiger partial charge in [-0.3, -0.25) is 19.3 Å². The van der Waals surface area contributed by atoms with E-state index in [4.69, 9.17) is 20.8 Å². The van der Waals surface area contributed by atoms with E-state index in [1.165, 1.54) is 30.2 Å². The highest BCUT2D eigenvalue weighted by atomic mass is 35.5. The largest absolute Gasteiger partial charge is 0.481 e. The molecule has 2 aromatic heterocycles. The molecular weight excluding hydrogens is 564 g/mol. The predicted octanol–water partition coefficient (Wildman–Crippen LogP) is 5.35.